The highest BCUT2D eigenvalue weighted by Gasteiger charge is 2.32. The number of nitrogens with zero attached hydrogens (tertiary/aromatic N) is 1. The van der Waals surface area contributed by atoms with Crippen LogP contribution in [-0.2, 0) is 26.0 Å². The minimum atomic E-state index is -3.50. The van der Waals surface area contributed by atoms with Gasteiger partial charge in [-0.2, -0.15) is 4.31 Å². The van der Waals surface area contributed by atoms with Crippen LogP contribution in [0.3, 0.4) is 0 Å². The molecule has 1 atom stereocenters. The zero-order valence-corrected chi connectivity index (χ0v) is 16.0. The van der Waals surface area contributed by atoms with Crippen LogP contribution < -0.4 is 5.32 Å². The molecule has 2 N–H and O–H groups in total. The third kappa shape index (κ3) is 4.62. The summed E-state index contributed by atoms with van der Waals surface area (Å²) in [5.41, 5.74) is -0.682. The van der Waals surface area contributed by atoms with E-state index in [2.05, 4.69) is 5.32 Å². The number of amides is 1. The zero-order valence-electron chi connectivity index (χ0n) is 15.2. The van der Waals surface area contributed by atoms with Crippen molar-refractivity contribution in [2.45, 2.75) is 56.4 Å². The molecule has 0 radical (unpaired) electrons. The molecule has 0 bridgehead atoms. The summed E-state index contributed by atoms with van der Waals surface area (Å²) >= 11 is 0. The number of benzene rings is 1. The lowest BCUT2D eigenvalue weighted by molar-refractivity contribution is -0.146. The Kier molecular flexibility index (Phi) is 6.41. The molecule has 1 aromatic carbocycles. The quantitative estimate of drug-likeness (QED) is 0.748. The van der Waals surface area contributed by atoms with Crippen molar-refractivity contribution in [2.75, 3.05) is 13.1 Å². The zero-order chi connectivity index (χ0) is 19.4. The van der Waals surface area contributed by atoms with Crippen molar-refractivity contribution in [1.82, 2.24) is 9.62 Å². The predicted octanol–water partition coefficient (Wildman–Crippen LogP) is 1.77. The molecular weight excluding hydrogens is 356 g/mol. The van der Waals surface area contributed by atoms with E-state index in [0.717, 1.165) is 19.3 Å². The van der Waals surface area contributed by atoms with E-state index < -0.39 is 27.4 Å². The molecule has 0 spiro atoms. The summed E-state index contributed by atoms with van der Waals surface area (Å²) < 4.78 is 26.7. The number of hydrogen-bond acceptors (Lipinski definition) is 4. The Labute approximate surface area is 154 Å². The lowest BCUT2D eigenvalue weighted by Gasteiger charge is -2.26. The van der Waals surface area contributed by atoms with Gasteiger partial charge in [-0.25, -0.2) is 13.2 Å². The van der Waals surface area contributed by atoms with Gasteiger partial charge in [0.15, 0.2) is 0 Å². The normalized spacial score (nSPS) is 18.1. The van der Waals surface area contributed by atoms with E-state index in [1.165, 1.54) is 23.4 Å². The second-order valence-electron chi connectivity index (χ2n) is 6.82. The van der Waals surface area contributed by atoms with Gasteiger partial charge in [0.25, 0.3) is 0 Å². The van der Waals surface area contributed by atoms with Crippen LogP contribution in [0.4, 0.5) is 0 Å². The highest BCUT2D eigenvalue weighted by atomic mass is 32.2. The van der Waals surface area contributed by atoms with Crippen LogP contribution in [0.25, 0.3) is 0 Å². The Morgan fingerprint density at radius 3 is 2.23 bits per heavy atom. The number of piperidine rings is 1. The summed E-state index contributed by atoms with van der Waals surface area (Å²) in [4.78, 5) is 23.6. The average Bonchev–Trinajstić information content (AvgIpc) is 2.62. The van der Waals surface area contributed by atoms with E-state index in [1.807, 2.05) is 0 Å². The lowest BCUT2D eigenvalue weighted by Crippen LogP contribution is -2.52. The molecule has 2 rings (SSSR count). The second kappa shape index (κ2) is 8.18. The third-order valence-electron chi connectivity index (χ3n) is 4.84. The summed E-state index contributed by atoms with van der Waals surface area (Å²) in [6.45, 7) is 4.23. The van der Waals surface area contributed by atoms with E-state index in [-0.39, 0.29) is 17.7 Å². The van der Waals surface area contributed by atoms with Crippen LogP contribution in [0.5, 0.6) is 0 Å². The molecule has 1 fully saturated rings. The van der Waals surface area contributed by atoms with Gasteiger partial charge in [0, 0.05) is 13.1 Å². The van der Waals surface area contributed by atoms with E-state index >= 15 is 0 Å². The van der Waals surface area contributed by atoms with Gasteiger partial charge in [0.1, 0.15) is 5.54 Å². The summed E-state index contributed by atoms with van der Waals surface area (Å²) in [6, 6.07) is 6.20. The van der Waals surface area contributed by atoms with Crippen molar-refractivity contribution in [3.63, 3.8) is 0 Å². The van der Waals surface area contributed by atoms with Crippen LogP contribution in [0.2, 0.25) is 0 Å². The number of carbonyl (C=O) groups is 2. The standard InChI is InChI=1S/C18H26N2O5S/c1-3-18(2,17(22)23)19-16(21)13-14-7-9-15(10-8-14)26(24,25)20-11-5-4-6-12-20/h7-10H,3-6,11-13H2,1-2H3,(H,19,21)(H,22,23). The van der Waals surface area contributed by atoms with Crippen molar-refractivity contribution in [3.8, 4) is 0 Å². The Balaban J connectivity index is 2.05. The molecule has 1 amide bonds. The number of sulfonamides is 1. The molecule has 1 saturated heterocycles. The third-order valence-corrected chi connectivity index (χ3v) is 6.75. The fraction of sp³-hybridized carbons (Fsp3) is 0.556. The topological polar surface area (TPSA) is 104 Å². The first-order valence-electron chi connectivity index (χ1n) is 8.82. The van der Waals surface area contributed by atoms with Crippen molar-refractivity contribution in [1.29, 1.82) is 0 Å². The molecule has 0 saturated carbocycles. The highest BCUT2D eigenvalue weighted by Crippen LogP contribution is 2.21. The number of nitrogens with one attached hydrogen (secondary N) is 1. The number of aliphatic carboxylic acids is 1. The number of carbonyl (C=O) groups excluding carboxylic acids is 1. The van der Waals surface area contributed by atoms with E-state index in [0.29, 0.717) is 18.7 Å². The summed E-state index contributed by atoms with van der Waals surface area (Å²) in [7, 11) is -3.50. The fourth-order valence-electron chi connectivity index (χ4n) is 2.86. The maximum atomic E-state index is 12.6. The molecule has 8 heteroatoms. The molecule has 0 aliphatic carbocycles. The molecule has 144 valence electrons. The molecule has 26 heavy (non-hydrogen) atoms. The molecule has 0 aromatic heterocycles. The Bertz CT molecular complexity index is 754. The summed E-state index contributed by atoms with van der Waals surface area (Å²) in [5, 5.41) is 11.7. The van der Waals surface area contributed by atoms with Crippen LogP contribution in [0.1, 0.15) is 45.1 Å². The van der Waals surface area contributed by atoms with Gasteiger partial charge >= 0.3 is 5.97 Å². The number of carboxylic acid groups (broad SMARTS) is 1. The van der Waals surface area contributed by atoms with Crippen LogP contribution in [0, 0.1) is 0 Å². The van der Waals surface area contributed by atoms with Gasteiger partial charge in [0.2, 0.25) is 15.9 Å². The number of rotatable bonds is 7. The van der Waals surface area contributed by atoms with Gasteiger partial charge in [-0.3, -0.25) is 4.79 Å². The fourth-order valence-corrected chi connectivity index (χ4v) is 4.38. The van der Waals surface area contributed by atoms with Crippen LogP contribution >= 0.6 is 0 Å². The first-order valence-corrected chi connectivity index (χ1v) is 10.3. The van der Waals surface area contributed by atoms with Crippen LogP contribution in [-0.4, -0.2) is 48.3 Å². The van der Waals surface area contributed by atoms with E-state index in [4.69, 9.17) is 0 Å². The Hall–Kier alpha value is -1.93. The highest BCUT2D eigenvalue weighted by molar-refractivity contribution is 7.89. The Morgan fingerprint density at radius 2 is 1.73 bits per heavy atom. The molecule has 1 unspecified atom stereocenters. The van der Waals surface area contributed by atoms with Crippen molar-refractivity contribution < 1.29 is 23.1 Å². The SMILES string of the molecule is CCC(C)(NC(=O)Cc1ccc(S(=O)(=O)N2CCCCC2)cc1)C(=O)O. The monoisotopic (exact) mass is 382 g/mol. The molecule has 7 nitrogen and oxygen atoms in total. The predicted molar refractivity (Wildman–Crippen MR) is 97.2 cm³/mol. The number of hydrogen-bond donors (Lipinski definition) is 2. The molecule has 1 aliphatic heterocycles. The molecular formula is C18H26N2O5S. The minimum absolute atomic E-state index is 0.00703. The van der Waals surface area contributed by atoms with Crippen molar-refractivity contribution in [3.05, 3.63) is 29.8 Å². The summed E-state index contributed by atoms with van der Waals surface area (Å²) in [5.74, 6) is -1.50. The van der Waals surface area contributed by atoms with E-state index in [9.17, 15) is 23.1 Å². The smallest absolute Gasteiger partial charge is 0.329 e. The maximum Gasteiger partial charge on any atom is 0.329 e. The Morgan fingerprint density at radius 1 is 1.15 bits per heavy atom. The first kappa shape index (κ1) is 20.4. The van der Waals surface area contributed by atoms with Crippen LogP contribution in [0.15, 0.2) is 29.2 Å². The van der Waals surface area contributed by atoms with Crippen molar-refractivity contribution >= 4 is 21.9 Å². The maximum absolute atomic E-state index is 12.6. The van der Waals surface area contributed by atoms with Gasteiger partial charge < -0.3 is 10.4 Å². The lowest BCUT2D eigenvalue weighted by atomic mass is 9.98. The minimum Gasteiger partial charge on any atom is -0.480 e. The average molecular weight is 382 g/mol. The van der Waals surface area contributed by atoms with Crippen molar-refractivity contribution in [2.24, 2.45) is 0 Å². The van der Waals surface area contributed by atoms with Gasteiger partial charge in [0.05, 0.1) is 11.3 Å². The molecule has 1 aromatic rings. The largest absolute Gasteiger partial charge is 0.480 e. The first-order chi connectivity index (χ1) is 12.2. The van der Waals surface area contributed by atoms with Gasteiger partial charge in [-0.15, -0.1) is 0 Å². The number of carboxylic acids is 1. The summed E-state index contributed by atoms with van der Waals surface area (Å²) in [6.07, 6.45) is 3.05. The van der Waals surface area contributed by atoms with Gasteiger partial charge in [-0.05, 0) is 43.9 Å². The van der Waals surface area contributed by atoms with Gasteiger partial charge in [-0.1, -0.05) is 25.5 Å². The van der Waals surface area contributed by atoms with E-state index in [1.54, 1.807) is 19.1 Å². The molecule has 1 aliphatic rings. The second-order valence-corrected chi connectivity index (χ2v) is 8.76. The molecule has 1 heterocycles.